The smallest absolute Gasteiger partial charge is 0.397 e. The van der Waals surface area contributed by atoms with Gasteiger partial charge < -0.3 is 34.3 Å². The summed E-state index contributed by atoms with van der Waals surface area (Å²) in [6.07, 6.45) is 8.02. The molecule has 0 saturated carbocycles. The highest BCUT2D eigenvalue weighted by Gasteiger charge is 2.47. The molecule has 0 spiro atoms. The quantitative estimate of drug-likeness (QED) is 0.0633. The van der Waals surface area contributed by atoms with Crippen molar-refractivity contribution in [1.82, 2.24) is 0 Å². The maximum atomic E-state index is 11.5. The number of hydrogen-bond donors (Lipinski definition) is 4. The van der Waals surface area contributed by atoms with Gasteiger partial charge in [0.15, 0.2) is 6.29 Å². The van der Waals surface area contributed by atoms with Gasteiger partial charge in [-0.25, -0.2) is 4.18 Å². The van der Waals surface area contributed by atoms with Gasteiger partial charge in [0.05, 0.1) is 19.8 Å². The standard InChI is InChI=1S/C26H48O12S/c1-3-4-5-6-7-8-9-10-11-12-13-14-15-16-34-18-21(36-20(2)28)19-35-26-24(30)25(38-39(31,32)33)23(29)22(17-27)37-26/h7-8,21-27,29-30H,3-6,9-19H2,1-2H3,(H,31,32,33)/b8-7-. The molecule has 1 aliphatic rings. The lowest BCUT2D eigenvalue weighted by molar-refractivity contribution is -0.301. The molecule has 0 bridgehead atoms. The molecule has 12 nitrogen and oxygen atoms in total. The van der Waals surface area contributed by atoms with Crippen LogP contribution in [0.5, 0.6) is 0 Å². The van der Waals surface area contributed by atoms with Crippen LogP contribution in [0.1, 0.15) is 84.5 Å². The number of unbranched alkanes of at least 4 members (excludes halogenated alkanes) is 9. The molecule has 39 heavy (non-hydrogen) atoms. The maximum Gasteiger partial charge on any atom is 0.397 e. The lowest BCUT2D eigenvalue weighted by Gasteiger charge is -2.41. The average molecular weight is 585 g/mol. The van der Waals surface area contributed by atoms with Crippen molar-refractivity contribution in [3.8, 4) is 0 Å². The van der Waals surface area contributed by atoms with Gasteiger partial charge in [-0.3, -0.25) is 9.35 Å². The molecular formula is C26H48O12S. The normalized spacial score (nSPS) is 24.7. The van der Waals surface area contributed by atoms with Gasteiger partial charge in [-0.2, -0.15) is 8.42 Å². The highest BCUT2D eigenvalue weighted by atomic mass is 32.3. The molecule has 0 aromatic heterocycles. The van der Waals surface area contributed by atoms with E-state index < -0.39 is 59.8 Å². The Morgan fingerprint density at radius 2 is 1.56 bits per heavy atom. The Balaban J connectivity index is 2.32. The van der Waals surface area contributed by atoms with E-state index >= 15 is 0 Å². The number of carbonyl (C=O) groups excluding carboxylic acids is 1. The van der Waals surface area contributed by atoms with Crippen LogP contribution in [0.2, 0.25) is 0 Å². The molecule has 0 radical (unpaired) electrons. The lowest BCUT2D eigenvalue weighted by Crippen LogP contribution is -2.60. The van der Waals surface area contributed by atoms with Crippen molar-refractivity contribution in [3.05, 3.63) is 12.2 Å². The SMILES string of the molecule is CCCCC/C=C\CCCCCCCCOCC(COC1OC(CO)C(O)C(OS(=O)(=O)O)C1O)OC(C)=O. The van der Waals surface area contributed by atoms with E-state index in [9.17, 15) is 28.5 Å². The summed E-state index contributed by atoms with van der Waals surface area (Å²) >= 11 is 0. The molecular weight excluding hydrogens is 536 g/mol. The molecule has 230 valence electrons. The van der Waals surface area contributed by atoms with Crippen molar-refractivity contribution in [2.24, 2.45) is 0 Å². The minimum atomic E-state index is -5.03. The Hall–Kier alpha value is -1.16. The maximum absolute atomic E-state index is 11.5. The van der Waals surface area contributed by atoms with E-state index in [0.29, 0.717) is 6.61 Å². The van der Waals surface area contributed by atoms with Crippen molar-refractivity contribution < 1.29 is 56.2 Å². The van der Waals surface area contributed by atoms with Crippen molar-refractivity contribution in [3.63, 3.8) is 0 Å². The second-order valence-electron chi connectivity index (χ2n) is 9.71. The van der Waals surface area contributed by atoms with Crippen LogP contribution in [0.25, 0.3) is 0 Å². The molecule has 1 rings (SSSR count). The molecule has 0 aromatic carbocycles. The van der Waals surface area contributed by atoms with Crippen LogP contribution < -0.4 is 0 Å². The van der Waals surface area contributed by atoms with E-state index in [1.807, 2.05) is 0 Å². The Kier molecular flexibility index (Phi) is 19.0. The van der Waals surface area contributed by atoms with Gasteiger partial charge in [0.25, 0.3) is 0 Å². The number of hydrogen-bond acceptors (Lipinski definition) is 11. The molecule has 1 saturated heterocycles. The number of allylic oxidation sites excluding steroid dienone is 2. The highest BCUT2D eigenvalue weighted by molar-refractivity contribution is 7.80. The molecule has 4 N–H and O–H groups in total. The average Bonchev–Trinajstić information content (AvgIpc) is 2.87. The van der Waals surface area contributed by atoms with E-state index in [1.54, 1.807) is 0 Å². The van der Waals surface area contributed by atoms with E-state index in [-0.39, 0.29) is 13.2 Å². The highest BCUT2D eigenvalue weighted by Crippen LogP contribution is 2.25. The zero-order valence-electron chi connectivity index (χ0n) is 23.2. The minimum Gasteiger partial charge on any atom is -0.458 e. The fraction of sp³-hybridized carbons (Fsp3) is 0.885. The van der Waals surface area contributed by atoms with Gasteiger partial charge in [0.1, 0.15) is 30.5 Å². The van der Waals surface area contributed by atoms with Crippen LogP contribution in [0.3, 0.4) is 0 Å². The van der Waals surface area contributed by atoms with E-state index in [1.165, 1.54) is 51.9 Å². The predicted molar refractivity (Wildman–Crippen MR) is 142 cm³/mol. The molecule has 1 fully saturated rings. The summed E-state index contributed by atoms with van der Waals surface area (Å²) < 4.78 is 57.0. The third-order valence-electron chi connectivity index (χ3n) is 6.19. The topological polar surface area (TPSA) is 178 Å². The van der Waals surface area contributed by atoms with Gasteiger partial charge in [0, 0.05) is 13.5 Å². The third-order valence-corrected chi connectivity index (χ3v) is 6.65. The van der Waals surface area contributed by atoms with Crippen molar-refractivity contribution in [2.75, 3.05) is 26.4 Å². The molecule has 0 aliphatic carbocycles. The number of aliphatic hydroxyl groups excluding tert-OH is 3. The summed E-state index contributed by atoms with van der Waals surface area (Å²) in [4.78, 5) is 11.5. The van der Waals surface area contributed by atoms with Gasteiger partial charge >= 0.3 is 16.4 Å². The Labute approximate surface area is 232 Å². The molecule has 6 atom stereocenters. The van der Waals surface area contributed by atoms with Crippen molar-refractivity contribution in [1.29, 1.82) is 0 Å². The zero-order valence-corrected chi connectivity index (χ0v) is 24.0. The largest absolute Gasteiger partial charge is 0.458 e. The summed E-state index contributed by atoms with van der Waals surface area (Å²) in [5.74, 6) is -0.579. The Morgan fingerprint density at radius 3 is 2.15 bits per heavy atom. The van der Waals surface area contributed by atoms with Crippen LogP contribution in [-0.2, 0) is 38.3 Å². The number of rotatable bonds is 22. The van der Waals surface area contributed by atoms with Crippen LogP contribution >= 0.6 is 0 Å². The number of carbonyl (C=O) groups is 1. The van der Waals surface area contributed by atoms with E-state index in [4.69, 9.17) is 23.5 Å². The monoisotopic (exact) mass is 584 g/mol. The Morgan fingerprint density at radius 1 is 0.949 bits per heavy atom. The summed E-state index contributed by atoms with van der Waals surface area (Å²) in [5, 5.41) is 29.8. The first-order chi connectivity index (χ1) is 18.6. The van der Waals surface area contributed by atoms with Crippen LogP contribution in [0.15, 0.2) is 12.2 Å². The fourth-order valence-electron chi connectivity index (χ4n) is 4.13. The summed E-state index contributed by atoms with van der Waals surface area (Å²) in [7, 11) is -5.03. The second kappa shape index (κ2) is 20.7. The zero-order chi connectivity index (χ0) is 29.1. The number of aliphatic hydroxyl groups is 3. The molecule has 1 heterocycles. The van der Waals surface area contributed by atoms with E-state index in [2.05, 4.69) is 23.3 Å². The van der Waals surface area contributed by atoms with Crippen molar-refractivity contribution >= 4 is 16.4 Å². The minimum absolute atomic E-state index is 0.0178. The van der Waals surface area contributed by atoms with Gasteiger partial charge in [-0.1, -0.05) is 57.6 Å². The first kappa shape index (κ1) is 35.9. The van der Waals surface area contributed by atoms with Gasteiger partial charge in [0.2, 0.25) is 0 Å². The predicted octanol–water partition coefficient (Wildman–Crippen LogP) is 2.45. The molecule has 1 aliphatic heterocycles. The van der Waals surface area contributed by atoms with Gasteiger partial charge in [-0.05, 0) is 32.1 Å². The first-order valence-corrected chi connectivity index (χ1v) is 15.2. The van der Waals surface area contributed by atoms with Crippen LogP contribution in [0, 0.1) is 0 Å². The Bertz CT molecular complexity index is 775. The second-order valence-corrected chi connectivity index (χ2v) is 10.8. The molecule has 13 heteroatoms. The van der Waals surface area contributed by atoms with Crippen LogP contribution in [-0.4, -0.2) is 97.5 Å². The summed E-state index contributed by atoms with van der Waals surface area (Å²) in [6, 6.07) is 0. The molecule has 0 aromatic rings. The summed E-state index contributed by atoms with van der Waals surface area (Å²) in [5.41, 5.74) is 0. The third kappa shape index (κ3) is 16.6. The molecule has 6 unspecified atom stereocenters. The summed E-state index contributed by atoms with van der Waals surface area (Å²) in [6.45, 7) is 2.87. The number of ether oxygens (including phenoxy) is 4. The lowest BCUT2D eigenvalue weighted by atomic mass is 9.99. The first-order valence-electron chi connectivity index (χ1n) is 13.9. The number of esters is 1. The van der Waals surface area contributed by atoms with Crippen LogP contribution in [0.4, 0.5) is 0 Å². The van der Waals surface area contributed by atoms with E-state index in [0.717, 1.165) is 25.7 Å². The molecule has 0 amide bonds. The fourth-order valence-corrected chi connectivity index (χ4v) is 4.64. The van der Waals surface area contributed by atoms with Gasteiger partial charge in [-0.15, -0.1) is 0 Å². The van der Waals surface area contributed by atoms with Crippen molar-refractivity contribution in [2.45, 2.75) is 121 Å².